The summed E-state index contributed by atoms with van der Waals surface area (Å²) in [6, 6.07) is 15.6. The van der Waals surface area contributed by atoms with Crippen molar-refractivity contribution in [1.82, 2.24) is 0 Å². The zero-order valence-electron chi connectivity index (χ0n) is 12.1. The lowest BCUT2D eigenvalue weighted by atomic mass is 10.1. The van der Waals surface area contributed by atoms with E-state index in [2.05, 4.69) is 24.4 Å². The van der Waals surface area contributed by atoms with Crippen LogP contribution in [0, 0.1) is 6.92 Å². The minimum Gasteiger partial charge on any atom is -0.397 e. The molecule has 0 atom stereocenters. The highest BCUT2D eigenvalue weighted by atomic mass is 32.2. The number of hydrogen-bond donors (Lipinski definition) is 2. The maximum Gasteiger partial charge on any atom is 0.225 e. The molecule has 1 amide bonds. The Hall–Kier alpha value is -1.94. The van der Waals surface area contributed by atoms with Gasteiger partial charge in [-0.15, -0.1) is 0 Å². The summed E-state index contributed by atoms with van der Waals surface area (Å²) in [6.45, 7) is 2.11. The van der Waals surface area contributed by atoms with Crippen molar-refractivity contribution >= 4 is 29.0 Å². The van der Waals surface area contributed by atoms with Crippen molar-refractivity contribution < 1.29 is 4.79 Å². The van der Waals surface area contributed by atoms with Gasteiger partial charge in [0.2, 0.25) is 5.91 Å². The van der Waals surface area contributed by atoms with E-state index in [1.165, 1.54) is 11.1 Å². The maximum atomic E-state index is 11.9. The minimum absolute atomic E-state index is 0.00480. The molecule has 2 rings (SSSR count). The SMILES string of the molecule is Cc1ccccc1CSCCC(=O)Nc1ccccc1N. The molecule has 4 heteroatoms. The molecule has 0 bridgehead atoms. The molecule has 0 heterocycles. The zero-order valence-corrected chi connectivity index (χ0v) is 13.0. The summed E-state index contributed by atoms with van der Waals surface area (Å²) in [5.41, 5.74) is 9.71. The van der Waals surface area contributed by atoms with Crippen LogP contribution in [0.15, 0.2) is 48.5 Å². The van der Waals surface area contributed by atoms with Crippen LogP contribution in [0.25, 0.3) is 0 Å². The molecule has 0 saturated carbocycles. The van der Waals surface area contributed by atoms with Gasteiger partial charge in [-0.2, -0.15) is 11.8 Å². The lowest BCUT2D eigenvalue weighted by Crippen LogP contribution is -2.13. The molecule has 0 aliphatic rings. The molecule has 0 fully saturated rings. The van der Waals surface area contributed by atoms with E-state index in [1.807, 2.05) is 30.3 Å². The van der Waals surface area contributed by atoms with E-state index < -0.39 is 0 Å². The second-order valence-corrected chi connectivity index (χ2v) is 5.97. The highest BCUT2D eigenvalue weighted by molar-refractivity contribution is 7.98. The second-order valence-electron chi connectivity index (χ2n) is 4.86. The highest BCUT2D eigenvalue weighted by Crippen LogP contribution is 2.19. The third kappa shape index (κ3) is 4.83. The number of carbonyl (C=O) groups excluding carboxylic acids is 1. The summed E-state index contributed by atoms with van der Waals surface area (Å²) in [4.78, 5) is 11.9. The fourth-order valence-electron chi connectivity index (χ4n) is 1.94. The van der Waals surface area contributed by atoms with Crippen molar-refractivity contribution in [1.29, 1.82) is 0 Å². The molecule has 0 aromatic heterocycles. The van der Waals surface area contributed by atoms with Gasteiger partial charge in [-0.3, -0.25) is 4.79 Å². The predicted octanol–water partition coefficient (Wildman–Crippen LogP) is 3.84. The molecule has 0 spiro atoms. The molecule has 0 aliphatic heterocycles. The Labute approximate surface area is 129 Å². The van der Waals surface area contributed by atoms with Crippen LogP contribution in [0.2, 0.25) is 0 Å². The number of rotatable bonds is 6. The van der Waals surface area contributed by atoms with Gasteiger partial charge in [0.25, 0.3) is 0 Å². The molecular weight excluding hydrogens is 280 g/mol. The Bertz CT molecular complexity index is 613. The first-order chi connectivity index (χ1) is 10.2. The van der Waals surface area contributed by atoms with E-state index in [-0.39, 0.29) is 5.91 Å². The fourth-order valence-corrected chi connectivity index (χ4v) is 2.96. The number of amides is 1. The normalized spacial score (nSPS) is 10.3. The number of hydrogen-bond acceptors (Lipinski definition) is 3. The van der Waals surface area contributed by atoms with E-state index in [0.29, 0.717) is 17.8 Å². The molecule has 0 radical (unpaired) electrons. The van der Waals surface area contributed by atoms with Gasteiger partial charge >= 0.3 is 0 Å². The van der Waals surface area contributed by atoms with Gasteiger partial charge in [-0.1, -0.05) is 36.4 Å². The number of nitrogens with two attached hydrogens (primary N) is 1. The van der Waals surface area contributed by atoms with Gasteiger partial charge in [0.05, 0.1) is 11.4 Å². The van der Waals surface area contributed by atoms with Gasteiger partial charge in [-0.25, -0.2) is 0 Å². The number of nitrogens with one attached hydrogen (secondary N) is 1. The van der Waals surface area contributed by atoms with Crippen LogP contribution in [0.1, 0.15) is 17.5 Å². The topological polar surface area (TPSA) is 55.1 Å². The standard InChI is InChI=1S/C17H20N2OS/c1-13-6-2-3-7-14(13)12-21-11-10-17(20)19-16-9-5-4-8-15(16)18/h2-9H,10-12,18H2,1H3,(H,19,20). The number of aryl methyl sites for hydroxylation is 1. The highest BCUT2D eigenvalue weighted by Gasteiger charge is 2.05. The number of para-hydroxylation sites is 2. The molecule has 21 heavy (non-hydrogen) atoms. The minimum atomic E-state index is 0.00480. The molecule has 2 aromatic carbocycles. The third-order valence-corrected chi connectivity index (χ3v) is 4.24. The summed E-state index contributed by atoms with van der Waals surface area (Å²) >= 11 is 1.77. The number of thioether (sulfide) groups is 1. The average molecular weight is 300 g/mol. The molecule has 0 saturated heterocycles. The van der Waals surface area contributed by atoms with Crippen molar-refractivity contribution in [3.63, 3.8) is 0 Å². The summed E-state index contributed by atoms with van der Waals surface area (Å²) in [5, 5.41) is 2.84. The first-order valence-corrected chi connectivity index (χ1v) is 8.09. The summed E-state index contributed by atoms with van der Waals surface area (Å²) in [5.74, 6) is 1.74. The summed E-state index contributed by atoms with van der Waals surface area (Å²) < 4.78 is 0. The van der Waals surface area contributed by atoms with Gasteiger partial charge in [0.1, 0.15) is 0 Å². The molecule has 3 nitrogen and oxygen atoms in total. The summed E-state index contributed by atoms with van der Waals surface area (Å²) in [6.07, 6.45) is 0.491. The number of benzene rings is 2. The Morgan fingerprint density at radius 2 is 1.86 bits per heavy atom. The van der Waals surface area contributed by atoms with Crippen molar-refractivity contribution in [2.24, 2.45) is 0 Å². The van der Waals surface area contributed by atoms with Crippen LogP contribution in [0.3, 0.4) is 0 Å². The molecular formula is C17H20N2OS. The van der Waals surface area contributed by atoms with E-state index in [1.54, 1.807) is 17.8 Å². The number of nitrogen functional groups attached to an aromatic ring is 1. The maximum absolute atomic E-state index is 11.9. The zero-order chi connectivity index (χ0) is 15.1. The van der Waals surface area contributed by atoms with Gasteiger partial charge in [-0.05, 0) is 30.2 Å². The van der Waals surface area contributed by atoms with Gasteiger partial charge in [0, 0.05) is 17.9 Å². The van der Waals surface area contributed by atoms with Crippen LogP contribution < -0.4 is 11.1 Å². The Morgan fingerprint density at radius 3 is 2.62 bits per heavy atom. The molecule has 110 valence electrons. The lowest BCUT2D eigenvalue weighted by molar-refractivity contribution is -0.115. The second kappa shape index (κ2) is 7.74. The van der Waals surface area contributed by atoms with Crippen LogP contribution >= 0.6 is 11.8 Å². The molecule has 0 unspecified atom stereocenters. The Balaban J connectivity index is 1.73. The van der Waals surface area contributed by atoms with Crippen molar-refractivity contribution in [2.45, 2.75) is 19.1 Å². The third-order valence-electron chi connectivity index (χ3n) is 3.23. The van der Waals surface area contributed by atoms with Crippen LogP contribution in [0.5, 0.6) is 0 Å². The van der Waals surface area contributed by atoms with E-state index in [4.69, 9.17) is 5.73 Å². The lowest BCUT2D eigenvalue weighted by Gasteiger charge is -2.08. The summed E-state index contributed by atoms with van der Waals surface area (Å²) in [7, 11) is 0. The number of carbonyl (C=O) groups is 1. The Kier molecular flexibility index (Phi) is 5.69. The van der Waals surface area contributed by atoms with Crippen LogP contribution in [-0.2, 0) is 10.5 Å². The molecule has 0 aliphatic carbocycles. The fraction of sp³-hybridized carbons (Fsp3) is 0.235. The van der Waals surface area contributed by atoms with E-state index in [9.17, 15) is 4.79 Å². The predicted molar refractivity (Wildman–Crippen MR) is 91.4 cm³/mol. The van der Waals surface area contributed by atoms with Crippen LogP contribution in [0.4, 0.5) is 11.4 Å². The van der Waals surface area contributed by atoms with Crippen LogP contribution in [-0.4, -0.2) is 11.7 Å². The molecule has 3 N–H and O–H groups in total. The smallest absolute Gasteiger partial charge is 0.225 e. The first-order valence-electron chi connectivity index (χ1n) is 6.93. The average Bonchev–Trinajstić information content (AvgIpc) is 2.48. The number of anilines is 2. The molecule has 2 aromatic rings. The van der Waals surface area contributed by atoms with Crippen molar-refractivity contribution in [3.05, 3.63) is 59.7 Å². The van der Waals surface area contributed by atoms with Gasteiger partial charge < -0.3 is 11.1 Å². The largest absolute Gasteiger partial charge is 0.397 e. The van der Waals surface area contributed by atoms with E-state index in [0.717, 1.165) is 11.5 Å². The van der Waals surface area contributed by atoms with Crippen molar-refractivity contribution in [2.75, 3.05) is 16.8 Å². The Morgan fingerprint density at radius 1 is 1.14 bits per heavy atom. The van der Waals surface area contributed by atoms with Gasteiger partial charge in [0.15, 0.2) is 0 Å². The quantitative estimate of drug-likeness (QED) is 0.629. The van der Waals surface area contributed by atoms with Crippen molar-refractivity contribution in [3.8, 4) is 0 Å². The monoisotopic (exact) mass is 300 g/mol. The van der Waals surface area contributed by atoms with E-state index >= 15 is 0 Å². The first kappa shape index (κ1) is 15.4.